The van der Waals surface area contributed by atoms with Crippen molar-refractivity contribution in [2.24, 2.45) is 5.73 Å². The largest absolute Gasteiger partial charge is 0.326 e. The van der Waals surface area contributed by atoms with Crippen LogP contribution in [0.3, 0.4) is 0 Å². The van der Waals surface area contributed by atoms with Gasteiger partial charge < -0.3 is 5.73 Å². The summed E-state index contributed by atoms with van der Waals surface area (Å²) in [7, 11) is 0. The standard InChI is InChI=1S/C17H23N3S/c18-12-14-5-4-8-17(11-14)21-13-15-9-10-20(19-15)16-6-2-1-3-7-16/h4-5,8-11,16H,1-3,6-7,12-13,18H2. The molecular weight excluding hydrogens is 278 g/mol. The smallest absolute Gasteiger partial charge is 0.0727 e. The first-order valence-corrected chi connectivity index (χ1v) is 8.79. The van der Waals surface area contributed by atoms with Crippen LogP contribution in [0.15, 0.2) is 41.4 Å². The minimum Gasteiger partial charge on any atom is -0.326 e. The molecule has 0 spiro atoms. The van der Waals surface area contributed by atoms with Crippen LogP contribution in [0.1, 0.15) is 49.4 Å². The van der Waals surface area contributed by atoms with Crippen molar-refractivity contribution in [3.05, 3.63) is 47.8 Å². The molecule has 3 nitrogen and oxygen atoms in total. The van der Waals surface area contributed by atoms with Crippen LogP contribution in [0.2, 0.25) is 0 Å². The van der Waals surface area contributed by atoms with Gasteiger partial charge in [-0.3, -0.25) is 4.68 Å². The molecule has 2 aromatic rings. The Labute approximate surface area is 130 Å². The third-order valence-electron chi connectivity index (χ3n) is 4.13. The summed E-state index contributed by atoms with van der Waals surface area (Å²) in [6.45, 7) is 0.602. The number of hydrogen-bond donors (Lipinski definition) is 1. The highest BCUT2D eigenvalue weighted by molar-refractivity contribution is 7.98. The molecule has 0 amide bonds. The van der Waals surface area contributed by atoms with E-state index in [1.54, 1.807) is 0 Å². The van der Waals surface area contributed by atoms with Crippen LogP contribution in [0, 0.1) is 0 Å². The summed E-state index contributed by atoms with van der Waals surface area (Å²) in [5.74, 6) is 0.924. The lowest BCUT2D eigenvalue weighted by atomic mass is 9.96. The van der Waals surface area contributed by atoms with Crippen molar-refractivity contribution in [2.45, 2.75) is 55.3 Å². The third-order valence-corrected chi connectivity index (χ3v) is 5.16. The Morgan fingerprint density at radius 3 is 2.86 bits per heavy atom. The summed E-state index contributed by atoms with van der Waals surface area (Å²) in [5.41, 5.74) is 8.04. The first-order valence-electron chi connectivity index (χ1n) is 7.81. The zero-order chi connectivity index (χ0) is 14.5. The Morgan fingerprint density at radius 1 is 1.19 bits per heavy atom. The Balaban J connectivity index is 1.59. The Kier molecular flexibility index (Phi) is 4.99. The monoisotopic (exact) mass is 301 g/mol. The van der Waals surface area contributed by atoms with Gasteiger partial charge in [0.15, 0.2) is 0 Å². The molecule has 1 aromatic carbocycles. The molecule has 1 saturated carbocycles. The van der Waals surface area contributed by atoms with E-state index in [1.165, 1.54) is 48.3 Å². The van der Waals surface area contributed by atoms with E-state index in [2.05, 4.69) is 41.2 Å². The van der Waals surface area contributed by atoms with Crippen molar-refractivity contribution in [1.29, 1.82) is 0 Å². The predicted molar refractivity (Wildman–Crippen MR) is 88.2 cm³/mol. The van der Waals surface area contributed by atoms with Gasteiger partial charge in [-0.1, -0.05) is 31.4 Å². The SMILES string of the molecule is NCc1cccc(SCc2ccn(C3CCCCC3)n2)c1. The van der Waals surface area contributed by atoms with Gasteiger partial charge in [-0.15, -0.1) is 11.8 Å². The van der Waals surface area contributed by atoms with E-state index in [4.69, 9.17) is 10.8 Å². The molecular formula is C17H23N3S. The lowest BCUT2D eigenvalue weighted by Gasteiger charge is -2.21. The van der Waals surface area contributed by atoms with Gasteiger partial charge in [0.25, 0.3) is 0 Å². The summed E-state index contributed by atoms with van der Waals surface area (Å²) in [4.78, 5) is 1.27. The number of nitrogens with zero attached hydrogens (tertiary/aromatic N) is 2. The van der Waals surface area contributed by atoms with Crippen LogP contribution < -0.4 is 5.73 Å². The van der Waals surface area contributed by atoms with E-state index in [0.717, 1.165) is 5.75 Å². The normalized spacial score (nSPS) is 16.2. The zero-order valence-electron chi connectivity index (χ0n) is 12.4. The average molecular weight is 301 g/mol. The van der Waals surface area contributed by atoms with Crippen molar-refractivity contribution in [1.82, 2.24) is 9.78 Å². The first kappa shape index (κ1) is 14.7. The summed E-state index contributed by atoms with van der Waals surface area (Å²) in [5, 5.41) is 4.76. The number of hydrogen-bond acceptors (Lipinski definition) is 3. The van der Waals surface area contributed by atoms with Crippen LogP contribution in [0.5, 0.6) is 0 Å². The maximum atomic E-state index is 5.69. The van der Waals surface area contributed by atoms with Crippen LogP contribution in [0.4, 0.5) is 0 Å². The summed E-state index contributed by atoms with van der Waals surface area (Å²) < 4.78 is 2.19. The van der Waals surface area contributed by atoms with Crippen LogP contribution >= 0.6 is 11.8 Å². The second-order valence-electron chi connectivity index (χ2n) is 5.72. The maximum Gasteiger partial charge on any atom is 0.0727 e. The van der Waals surface area contributed by atoms with Gasteiger partial charge in [0.1, 0.15) is 0 Å². The van der Waals surface area contributed by atoms with Crippen molar-refractivity contribution >= 4 is 11.8 Å². The van der Waals surface area contributed by atoms with E-state index in [-0.39, 0.29) is 0 Å². The van der Waals surface area contributed by atoms with Gasteiger partial charge in [-0.25, -0.2) is 0 Å². The highest BCUT2D eigenvalue weighted by Crippen LogP contribution is 2.28. The number of benzene rings is 1. The van der Waals surface area contributed by atoms with Gasteiger partial charge in [0, 0.05) is 23.4 Å². The zero-order valence-corrected chi connectivity index (χ0v) is 13.2. The lowest BCUT2D eigenvalue weighted by molar-refractivity contribution is 0.328. The molecule has 0 unspecified atom stereocenters. The topological polar surface area (TPSA) is 43.8 Å². The van der Waals surface area contributed by atoms with Gasteiger partial charge >= 0.3 is 0 Å². The second-order valence-corrected chi connectivity index (χ2v) is 6.77. The Hall–Kier alpha value is -1.26. The van der Waals surface area contributed by atoms with Crippen molar-refractivity contribution < 1.29 is 0 Å². The van der Waals surface area contributed by atoms with E-state index < -0.39 is 0 Å². The molecule has 1 heterocycles. The highest BCUT2D eigenvalue weighted by Gasteiger charge is 2.15. The minimum absolute atomic E-state index is 0.602. The summed E-state index contributed by atoms with van der Waals surface area (Å²) >= 11 is 1.83. The molecule has 0 bridgehead atoms. The molecule has 0 atom stereocenters. The Bertz CT molecular complexity index is 573. The molecule has 1 fully saturated rings. The van der Waals surface area contributed by atoms with Gasteiger partial charge in [-0.05, 0) is 36.6 Å². The molecule has 1 aliphatic carbocycles. The molecule has 0 aliphatic heterocycles. The number of rotatable bonds is 5. The molecule has 112 valence electrons. The fourth-order valence-electron chi connectivity index (χ4n) is 2.92. The van der Waals surface area contributed by atoms with Crippen LogP contribution in [-0.4, -0.2) is 9.78 Å². The van der Waals surface area contributed by atoms with E-state index in [0.29, 0.717) is 12.6 Å². The molecule has 21 heavy (non-hydrogen) atoms. The molecule has 1 aromatic heterocycles. The van der Waals surface area contributed by atoms with Gasteiger partial charge in [0.05, 0.1) is 11.7 Å². The summed E-state index contributed by atoms with van der Waals surface area (Å²) in [6, 6.07) is 11.2. The average Bonchev–Trinajstić information content (AvgIpc) is 3.03. The molecule has 4 heteroatoms. The number of thioether (sulfide) groups is 1. The molecule has 2 N–H and O–H groups in total. The highest BCUT2D eigenvalue weighted by atomic mass is 32.2. The van der Waals surface area contributed by atoms with E-state index in [9.17, 15) is 0 Å². The first-order chi connectivity index (χ1) is 10.3. The molecule has 0 radical (unpaired) electrons. The van der Waals surface area contributed by atoms with Crippen molar-refractivity contribution in [3.8, 4) is 0 Å². The lowest BCUT2D eigenvalue weighted by Crippen LogP contribution is -2.13. The van der Waals surface area contributed by atoms with Gasteiger partial charge in [0.2, 0.25) is 0 Å². The summed E-state index contributed by atoms with van der Waals surface area (Å²) in [6.07, 6.45) is 8.81. The molecule has 1 aliphatic rings. The van der Waals surface area contributed by atoms with Crippen LogP contribution in [-0.2, 0) is 12.3 Å². The van der Waals surface area contributed by atoms with Gasteiger partial charge in [-0.2, -0.15) is 5.10 Å². The van der Waals surface area contributed by atoms with Crippen molar-refractivity contribution in [3.63, 3.8) is 0 Å². The quantitative estimate of drug-likeness (QED) is 0.844. The van der Waals surface area contributed by atoms with Crippen LogP contribution in [0.25, 0.3) is 0 Å². The maximum absolute atomic E-state index is 5.69. The van der Waals surface area contributed by atoms with E-state index >= 15 is 0 Å². The Morgan fingerprint density at radius 2 is 2.05 bits per heavy atom. The minimum atomic E-state index is 0.602. The second kappa shape index (κ2) is 7.14. The van der Waals surface area contributed by atoms with Crippen molar-refractivity contribution in [2.75, 3.05) is 0 Å². The predicted octanol–water partition coefficient (Wildman–Crippen LogP) is 4.14. The third kappa shape index (κ3) is 3.89. The van der Waals surface area contributed by atoms with E-state index in [1.807, 2.05) is 11.8 Å². The number of nitrogens with two attached hydrogens (primary N) is 1. The molecule has 0 saturated heterocycles. The fourth-order valence-corrected chi connectivity index (χ4v) is 3.80. The fraction of sp³-hybridized carbons (Fsp3) is 0.471. The molecule has 3 rings (SSSR count). The number of aromatic nitrogens is 2.